The topological polar surface area (TPSA) is 125 Å². The summed E-state index contributed by atoms with van der Waals surface area (Å²) in [5.74, 6) is -0.677. The van der Waals surface area contributed by atoms with Crippen molar-refractivity contribution in [2.45, 2.75) is 110 Å². The summed E-state index contributed by atoms with van der Waals surface area (Å²) in [4.78, 5) is 40.1. The van der Waals surface area contributed by atoms with E-state index >= 15 is 0 Å². The molecule has 2 aliphatic rings. The highest BCUT2D eigenvalue weighted by Gasteiger charge is 2.37. The third kappa shape index (κ3) is 8.65. The number of hydrogen-bond donors (Lipinski definition) is 2. The highest BCUT2D eigenvalue weighted by atomic mass is 32.2. The summed E-state index contributed by atoms with van der Waals surface area (Å²) >= 11 is 1.49. The molecule has 1 fully saturated rings. The van der Waals surface area contributed by atoms with Gasteiger partial charge in [0, 0.05) is 17.7 Å². The van der Waals surface area contributed by atoms with Crippen LogP contribution < -0.4 is 11.5 Å². The van der Waals surface area contributed by atoms with Crippen molar-refractivity contribution in [1.29, 1.82) is 0 Å². The lowest BCUT2D eigenvalue weighted by Crippen LogP contribution is -2.48. The van der Waals surface area contributed by atoms with E-state index in [0.717, 1.165) is 43.2 Å². The molecule has 1 aliphatic carbocycles. The van der Waals surface area contributed by atoms with Gasteiger partial charge in [0.05, 0.1) is 10.6 Å². The lowest BCUT2D eigenvalue weighted by molar-refractivity contribution is -0.156. The number of hydrogen-bond acceptors (Lipinski definition) is 7. The number of thioether (sulfide) groups is 1. The van der Waals surface area contributed by atoms with Gasteiger partial charge in [0.1, 0.15) is 17.7 Å². The monoisotopic (exact) mass is 559 g/mol. The quantitative estimate of drug-likeness (QED) is 0.374. The molecule has 1 heterocycles. The van der Waals surface area contributed by atoms with E-state index in [1.54, 1.807) is 0 Å². The zero-order valence-corrected chi connectivity index (χ0v) is 25.0. The fourth-order valence-corrected chi connectivity index (χ4v) is 6.54. The van der Waals surface area contributed by atoms with Crippen molar-refractivity contribution >= 4 is 29.7 Å². The van der Waals surface area contributed by atoms with Gasteiger partial charge in [0.15, 0.2) is 0 Å². The Labute approximate surface area is 237 Å². The number of benzene rings is 1. The summed E-state index contributed by atoms with van der Waals surface area (Å²) in [7, 11) is 0. The first-order valence-electron chi connectivity index (χ1n) is 14.0. The van der Waals surface area contributed by atoms with Crippen LogP contribution >= 0.6 is 11.8 Å². The summed E-state index contributed by atoms with van der Waals surface area (Å²) in [6.07, 6.45) is 4.44. The van der Waals surface area contributed by atoms with Gasteiger partial charge < -0.3 is 20.9 Å². The normalized spacial score (nSPS) is 20.8. The van der Waals surface area contributed by atoms with Gasteiger partial charge in [-0.25, -0.2) is 9.59 Å². The van der Waals surface area contributed by atoms with E-state index in [1.807, 2.05) is 65.8 Å². The maximum Gasteiger partial charge on any atom is 0.411 e. The molecular weight excluding hydrogens is 514 g/mol. The highest BCUT2D eigenvalue weighted by Crippen LogP contribution is 2.40. The van der Waals surface area contributed by atoms with Crippen LogP contribution in [-0.4, -0.2) is 45.9 Å². The molecular formula is C30H45N3O5S. The fraction of sp³-hybridized carbons (Fsp3) is 0.633. The molecule has 0 bridgehead atoms. The van der Waals surface area contributed by atoms with Crippen molar-refractivity contribution in [2.24, 2.45) is 23.3 Å². The molecule has 4 N–H and O–H groups in total. The van der Waals surface area contributed by atoms with Gasteiger partial charge in [0.2, 0.25) is 5.91 Å². The molecule has 1 aromatic rings. The van der Waals surface area contributed by atoms with Crippen molar-refractivity contribution in [1.82, 2.24) is 4.90 Å². The summed E-state index contributed by atoms with van der Waals surface area (Å²) in [6, 6.07) is 7.23. The van der Waals surface area contributed by atoms with Gasteiger partial charge in [-0.3, -0.25) is 9.69 Å². The summed E-state index contributed by atoms with van der Waals surface area (Å²) in [5, 5.41) is 0.627. The van der Waals surface area contributed by atoms with Crippen molar-refractivity contribution in [2.75, 3.05) is 0 Å². The van der Waals surface area contributed by atoms with Crippen LogP contribution in [0.15, 0.2) is 34.9 Å². The van der Waals surface area contributed by atoms with Crippen molar-refractivity contribution in [3.63, 3.8) is 0 Å². The summed E-state index contributed by atoms with van der Waals surface area (Å²) < 4.78 is 11.6. The van der Waals surface area contributed by atoms with Gasteiger partial charge in [-0.1, -0.05) is 45.0 Å². The molecule has 0 saturated heterocycles. The Morgan fingerprint density at radius 3 is 2.18 bits per heavy atom. The number of carbonyl (C=O) groups excluding carboxylic acids is 3. The fourth-order valence-electron chi connectivity index (χ4n) is 5.18. The first-order chi connectivity index (χ1) is 18.2. The molecule has 2 amide bonds. The molecule has 0 radical (unpaired) electrons. The standard InChI is InChI=1S/C30H45N3O5S/c1-18(2)15-23(28(35)37-22-9-7-8-10-22)33(29(36)38-30(4,5)6)17-21-13-11-20(12-14-21)16-24-19(3)25(26(31)34)27(32)39-24/h11-14,18-19,22-24H,7-10,15-17,32H2,1-6H3,(H2,31,34)/t19?,23-,24?/m0/s1. The van der Waals surface area contributed by atoms with Crippen molar-refractivity contribution < 1.29 is 23.9 Å². The third-order valence-corrected chi connectivity index (χ3v) is 8.54. The molecule has 3 atom stereocenters. The second kappa shape index (κ2) is 13.1. The minimum absolute atomic E-state index is 0.0301. The van der Waals surface area contributed by atoms with E-state index in [9.17, 15) is 14.4 Å². The zero-order valence-electron chi connectivity index (χ0n) is 24.2. The van der Waals surface area contributed by atoms with E-state index in [4.69, 9.17) is 20.9 Å². The second-order valence-electron chi connectivity index (χ2n) is 12.2. The smallest absolute Gasteiger partial charge is 0.411 e. The lowest BCUT2D eigenvalue weighted by Gasteiger charge is -2.34. The Morgan fingerprint density at radius 2 is 1.67 bits per heavy atom. The van der Waals surface area contributed by atoms with Crippen LogP contribution in [0.25, 0.3) is 0 Å². The molecule has 0 spiro atoms. The Morgan fingerprint density at radius 1 is 1.08 bits per heavy atom. The Kier molecular flexibility index (Phi) is 10.4. The van der Waals surface area contributed by atoms with Gasteiger partial charge in [-0.2, -0.15) is 0 Å². The molecule has 39 heavy (non-hydrogen) atoms. The van der Waals surface area contributed by atoms with Crippen LogP contribution in [-0.2, 0) is 32.0 Å². The van der Waals surface area contributed by atoms with Gasteiger partial charge in [0.25, 0.3) is 0 Å². The van der Waals surface area contributed by atoms with Crippen molar-refractivity contribution in [3.8, 4) is 0 Å². The molecule has 1 saturated carbocycles. The van der Waals surface area contributed by atoms with Crippen LogP contribution in [0.2, 0.25) is 0 Å². The highest BCUT2D eigenvalue weighted by molar-refractivity contribution is 8.03. The number of nitrogens with zero attached hydrogens (tertiary/aromatic N) is 1. The molecule has 1 aromatic carbocycles. The van der Waals surface area contributed by atoms with Crippen LogP contribution in [0.4, 0.5) is 4.79 Å². The number of ether oxygens (including phenoxy) is 2. The van der Waals surface area contributed by atoms with E-state index in [0.29, 0.717) is 17.0 Å². The molecule has 1 aliphatic heterocycles. The first kappa shape index (κ1) is 30.9. The average molecular weight is 560 g/mol. The molecule has 3 rings (SSSR count). The number of rotatable bonds is 10. The molecule has 9 heteroatoms. The van der Waals surface area contributed by atoms with Gasteiger partial charge >= 0.3 is 12.1 Å². The number of nitrogens with two attached hydrogens (primary N) is 2. The lowest BCUT2D eigenvalue weighted by atomic mass is 9.93. The second-order valence-corrected chi connectivity index (χ2v) is 13.5. The zero-order chi connectivity index (χ0) is 28.9. The van der Waals surface area contributed by atoms with Crippen LogP contribution in [0.5, 0.6) is 0 Å². The predicted octanol–water partition coefficient (Wildman–Crippen LogP) is 5.27. The van der Waals surface area contributed by atoms with E-state index in [2.05, 4.69) is 0 Å². The molecule has 216 valence electrons. The first-order valence-corrected chi connectivity index (χ1v) is 14.9. The van der Waals surface area contributed by atoms with Crippen LogP contribution in [0, 0.1) is 11.8 Å². The largest absolute Gasteiger partial charge is 0.461 e. The molecule has 2 unspecified atom stereocenters. The number of amides is 2. The maximum absolute atomic E-state index is 13.4. The number of esters is 1. The Bertz CT molecular complexity index is 1060. The van der Waals surface area contributed by atoms with E-state index in [-0.39, 0.29) is 35.7 Å². The predicted molar refractivity (Wildman–Crippen MR) is 154 cm³/mol. The third-order valence-electron chi connectivity index (χ3n) is 7.19. The summed E-state index contributed by atoms with van der Waals surface area (Å²) in [5.41, 5.74) is 13.4. The number of carbonyl (C=O) groups is 3. The van der Waals surface area contributed by atoms with E-state index < -0.39 is 23.6 Å². The minimum Gasteiger partial charge on any atom is -0.461 e. The Hall–Kier alpha value is -2.68. The van der Waals surface area contributed by atoms with Gasteiger partial charge in [-0.15, -0.1) is 11.8 Å². The van der Waals surface area contributed by atoms with Crippen LogP contribution in [0.1, 0.15) is 84.8 Å². The molecule has 8 nitrogen and oxygen atoms in total. The van der Waals surface area contributed by atoms with Gasteiger partial charge in [-0.05, 0) is 76.3 Å². The van der Waals surface area contributed by atoms with E-state index in [1.165, 1.54) is 16.7 Å². The number of primary amides is 1. The van der Waals surface area contributed by atoms with Crippen molar-refractivity contribution in [3.05, 3.63) is 46.0 Å². The summed E-state index contributed by atoms with van der Waals surface area (Å²) in [6.45, 7) is 11.7. The average Bonchev–Trinajstić information content (AvgIpc) is 3.42. The SMILES string of the molecule is CC(C)C[C@@H](C(=O)OC1CCCC1)N(Cc1ccc(CC2SC(N)=C(C(N)=O)C2C)cc1)C(=O)OC(C)(C)C. The molecule has 0 aromatic heterocycles. The van der Waals surface area contributed by atoms with Crippen LogP contribution in [0.3, 0.4) is 0 Å². The Balaban J connectivity index is 1.78. The minimum atomic E-state index is -0.739. The maximum atomic E-state index is 13.4.